The number of ether oxygens (including phenoxy) is 1. The Morgan fingerprint density at radius 2 is 1.86 bits per heavy atom. The van der Waals surface area contributed by atoms with Gasteiger partial charge in [-0.15, -0.1) is 0 Å². The van der Waals surface area contributed by atoms with E-state index in [9.17, 15) is 13.2 Å². The van der Waals surface area contributed by atoms with Gasteiger partial charge >= 0.3 is 0 Å². The molecule has 0 fully saturated rings. The fraction of sp³-hybridized carbons (Fsp3) is 0.350. The predicted molar refractivity (Wildman–Crippen MR) is 110 cm³/mol. The van der Waals surface area contributed by atoms with E-state index in [0.717, 1.165) is 12.0 Å². The Balaban J connectivity index is 2.35. The van der Waals surface area contributed by atoms with Crippen LogP contribution in [-0.2, 0) is 21.2 Å². The second kappa shape index (κ2) is 9.91. The van der Waals surface area contributed by atoms with Gasteiger partial charge in [0.1, 0.15) is 16.7 Å². The minimum atomic E-state index is -4.05. The molecular weight excluding hydrogens is 400 g/mol. The summed E-state index contributed by atoms with van der Waals surface area (Å²) in [4.78, 5) is 12.6. The Morgan fingerprint density at radius 3 is 2.46 bits per heavy atom. The van der Waals surface area contributed by atoms with Gasteiger partial charge in [-0.2, -0.15) is 4.72 Å². The molecular formula is C20H25ClN2O4S. The van der Waals surface area contributed by atoms with Crippen LogP contribution in [0.1, 0.15) is 25.8 Å². The first-order valence-electron chi connectivity index (χ1n) is 8.97. The average Bonchev–Trinajstić information content (AvgIpc) is 2.68. The van der Waals surface area contributed by atoms with Gasteiger partial charge in [-0.05, 0) is 43.5 Å². The van der Waals surface area contributed by atoms with Gasteiger partial charge in [0.2, 0.25) is 15.9 Å². The number of hydrogen-bond acceptors (Lipinski definition) is 4. The van der Waals surface area contributed by atoms with E-state index in [1.54, 1.807) is 0 Å². The van der Waals surface area contributed by atoms with Crippen molar-refractivity contribution in [3.8, 4) is 5.75 Å². The molecule has 2 aromatic carbocycles. The monoisotopic (exact) mass is 424 g/mol. The van der Waals surface area contributed by atoms with Crippen molar-refractivity contribution in [2.24, 2.45) is 0 Å². The zero-order chi connectivity index (χ0) is 20.7. The van der Waals surface area contributed by atoms with Crippen molar-refractivity contribution in [1.29, 1.82) is 0 Å². The number of carbonyl (C=O) groups is 1. The predicted octanol–water partition coefficient (Wildman–Crippen LogP) is 3.15. The molecule has 0 spiro atoms. The van der Waals surface area contributed by atoms with E-state index in [1.165, 1.54) is 25.3 Å². The highest BCUT2D eigenvalue weighted by atomic mass is 35.5. The third-order valence-electron chi connectivity index (χ3n) is 4.31. The number of methoxy groups -OCH3 is 1. The lowest BCUT2D eigenvalue weighted by Crippen LogP contribution is -2.50. The van der Waals surface area contributed by atoms with E-state index in [-0.39, 0.29) is 34.0 Å². The van der Waals surface area contributed by atoms with Crippen molar-refractivity contribution >= 4 is 27.5 Å². The minimum Gasteiger partial charge on any atom is -0.495 e. The Morgan fingerprint density at radius 1 is 1.18 bits per heavy atom. The Hall–Kier alpha value is -2.09. The van der Waals surface area contributed by atoms with E-state index in [0.29, 0.717) is 0 Å². The Kier molecular flexibility index (Phi) is 7.86. The molecule has 0 aliphatic carbocycles. The number of benzene rings is 2. The van der Waals surface area contributed by atoms with Gasteiger partial charge in [-0.1, -0.05) is 48.9 Å². The molecule has 0 aliphatic rings. The van der Waals surface area contributed by atoms with E-state index >= 15 is 0 Å². The molecule has 6 nitrogen and oxygen atoms in total. The van der Waals surface area contributed by atoms with Crippen molar-refractivity contribution in [3.05, 3.63) is 59.1 Å². The summed E-state index contributed by atoms with van der Waals surface area (Å²) in [5, 5.41) is 3.10. The number of rotatable bonds is 9. The molecule has 8 heteroatoms. The first-order chi connectivity index (χ1) is 13.3. The number of hydrogen-bond donors (Lipinski definition) is 2. The lowest BCUT2D eigenvalue weighted by molar-refractivity contribution is -0.123. The average molecular weight is 425 g/mol. The number of sulfonamides is 1. The van der Waals surface area contributed by atoms with Crippen LogP contribution in [0.3, 0.4) is 0 Å². The molecule has 2 N–H and O–H groups in total. The zero-order valence-corrected chi connectivity index (χ0v) is 17.7. The van der Waals surface area contributed by atoms with Crippen molar-refractivity contribution in [2.75, 3.05) is 7.11 Å². The number of halogens is 1. The summed E-state index contributed by atoms with van der Waals surface area (Å²) in [5.74, 6) is -0.236. The van der Waals surface area contributed by atoms with Crippen LogP contribution in [0.5, 0.6) is 5.75 Å². The van der Waals surface area contributed by atoms with E-state index in [2.05, 4.69) is 10.0 Å². The Labute approximate surface area is 171 Å². The molecule has 0 heterocycles. The Bertz CT molecular complexity index is 904. The molecule has 2 aromatic rings. The van der Waals surface area contributed by atoms with Gasteiger partial charge in [-0.25, -0.2) is 8.42 Å². The van der Waals surface area contributed by atoms with Gasteiger partial charge in [-0.3, -0.25) is 4.79 Å². The van der Waals surface area contributed by atoms with Crippen molar-refractivity contribution < 1.29 is 17.9 Å². The SMILES string of the molecule is CCC(C)NC(=O)C(Cc1ccccc1)NS(=O)(=O)c1cc(Cl)ccc1OC. The van der Waals surface area contributed by atoms with Gasteiger partial charge in [0.15, 0.2) is 0 Å². The van der Waals surface area contributed by atoms with Crippen molar-refractivity contribution in [2.45, 2.75) is 43.7 Å². The third kappa shape index (κ3) is 5.95. The maximum Gasteiger partial charge on any atom is 0.245 e. The van der Waals surface area contributed by atoms with Crippen LogP contribution in [0.25, 0.3) is 0 Å². The van der Waals surface area contributed by atoms with Crippen molar-refractivity contribution in [3.63, 3.8) is 0 Å². The largest absolute Gasteiger partial charge is 0.495 e. The van der Waals surface area contributed by atoms with Gasteiger partial charge < -0.3 is 10.1 Å². The molecule has 0 saturated carbocycles. The molecule has 2 atom stereocenters. The van der Waals surface area contributed by atoms with Crippen LogP contribution in [0.4, 0.5) is 0 Å². The molecule has 152 valence electrons. The molecule has 1 amide bonds. The van der Waals surface area contributed by atoms with Gasteiger partial charge in [0.05, 0.1) is 7.11 Å². The van der Waals surface area contributed by atoms with Gasteiger partial charge in [0, 0.05) is 11.1 Å². The minimum absolute atomic E-state index is 0.0732. The van der Waals surface area contributed by atoms with Crippen LogP contribution < -0.4 is 14.8 Å². The fourth-order valence-corrected chi connectivity index (χ4v) is 4.22. The second-order valence-corrected chi connectivity index (χ2v) is 8.60. The summed E-state index contributed by atoms with van der Waals surface area (Å²) in [6.07, 6.45) is 0.948. The van der Waals surface area contributed by atoms with Crippen LogP contribution >= 0.6 is 11.6 Å². The highest BCUT2D eigenvalue weighted by Crippen LogP contribution is 2.27. The topological polar surface area (TPSA) is 84.5 Å². The molecule has 0 saturated heterocycles. The maximum atomic E-state index is 13.0. The molecule has 2 unspecified atom stereocenters. The summed E-state index contributed by atoms with van der Waals surface area (Å²) in [6.45, 7) is 3.81. The summed E-state index contributed by atoms with van der Waals surface area (Å²) >= 11 is 5.97. The molecule has 2 rings (SSSR count). The van der Waals surface area contributed by atoms with Crippen LogP contribution in [-0.4, -0.2) is 33.5 Å². The van der Waals surface area contributed by atoms with E-state index < -0.39 is 16.1 Å². The fourth-order valence-electron chi connectivity index (χ4n) is 2.59. The normalized spacial score (nSPS) is 13.6. The molecule has 28 heavy (non-hydrogen) atoms. The van der Waals surface area contributed by atoms with E-state index in [4.69, 9.17) is 16.3 Å². The smallest absolute Gasteiger partial charge is 0.245 e. The van der Waals surface area contributed by atoms with Gasteiger partial charge in [0.25, 0.3) is 0 Å². The lowest BCUT2D eigenvalue weighted by atomic mass is 10.1. The molecule has 0 aliphatic heterocycles. The van der Waals surface area contributed by atoms with Crippen LogP contribution in [0, 0.1) is 0 Å². The van der Waals surface area contributed by atoms with Crippen LogP contribution in [0.2, 0.25) is 5.02 Å². The van der Waals surface area contributed by atoms with Crippen LogP contribution in [0.15, 0.2) is 53.4 Å². The first-order valence-corrected chi connectivity index (χ1v) is 10.8. The number of carbonyl (C=O) groups excluding carboxylic acids is 1. The third-order valence-corrected chi connectivity index (χ3v) is 6.04. The highest BCUT2D eigenvalue weighted by Gasteiger charge is 2.29. The van der Waals surface area contributed by atoms with E-state index in [1.807, 2.05) is 44.2 Å². The number of nitrogens with one attached hydrogen (secondary N) is 2. The summed E-state index contributed by atoms with van der Waals surface area (Å²) < 4.78 is 33.7. The first kappa shape index (κ1) is 22.2. The quantitative estimate of drug-likeness (QED) is 0.647. The summed E-state index contributed by atoms with van der Waals surface area (Å²) in [6, 6.07) is 12.5. The molecule has 0 bridgehead atoms. The zero-order valence-electron chi connectivity index (χ0n) is 16.1. The summed E-state index contributed by atoms with van der Waals surface area (Å²) in [7, 11) is -2.68. The second-order valence-electron chi connectivity index (χ2n) is 6.48. The van der Waals surface area contributed by atoms with Crippen molar-refractivity contribution in [1.82, 2.24) is 10.0 Å². The highest BCUT2D eigenvalue weighted by molar-refractivity contribution is 7.89. The lowest BCUT2D eigenvalue weighted by Gasteiger charge is -2.21. The molecule has 0 aromatic heterocycles. The maximum absolute atomic E-state index is 13.0. The number of amides is 1. The molecule has 0 radical (unpaired) electrons. The standard InChI is InChI=1S/C20H25ClN2O4S/c1-4-14(2)22-20(24)17(12-15-8-6-5-7-9-15)23-28(25,26)19-13-16(21)10-11-18(19)27-3/h5-11,13-14,17,23H,4,12H2,1-3H3,(H,22,24). The summed E-state index contributed by atoms with van der Waals surface area (Å²) in [5.41, 5.74) is 0.840.